The van der Waals surface area contributed by atoms with E-state index in [-0.39, 0.29) is 18.1 Å². The summed E-state index contributed by atoms with van der Waals surface area (Å²) in [6.07, 6.45) is 0.247. The molecule has 0 N–H and O–H groups in total. The van der Waals surface area contributed by atoms with Gasteiger partial charge in [0.25, 0.3) is 0 Å². The van der Waals surface area contributed by atoms with E-state index in [1.165, 1.54) is 6.07 Å². The third-order valence-corrected chi connectivity index (χ3v) is 5.90. The van der Waals surface area contributed by atoms with Gasteiger partial charge in [-0.05, 0) is 30.7 Å². The lowest BCUT2D eigenvalue weighted by Gasteiger charge is -2.30. The van der Waals surface area contributed by atoms with Crippen LogP contribution in [0.5, 0.6) is 0 Å². The third kappa shape index (κ3) is 3.97. The topological polar surface area (TPSA) is 47.4 Å². The van der Waals surface area contributed by atoms with Gasteiger partial charge in [-0.3, -0.25) is 4.79 Å². The Balaban J connectivity index is 1.80. The van der Waals surface area contributed by atoms with Crippen LogP contribution in [-0.4, -0.2) is 46.7 Å². The highest BCUT2D eigenvalue weighted by Gasteiger charge is 2.27. The van der Waals surface area contributed by atoms with Crippen LogP contribution in [0.25, 0.3) is 11.0 Å². The van der Waals surface area contributed by atoms with Crippen LogP contribution in [0.15, 0.2) is 36.4 Å². The summed E-state index contributed by atoms with van der Waals surface area (Å²) in [6.45, 7) is 3.96. The summed E-state index contributed by atoms with van der Waals surface area (Å²) in [5, 5.41) is 0.761. The first-order valence-corrected chi connectivity index (χ1v) is 10.2. The van der Waals surface area contributed by atoms with E-state index in [4.69, 9.17) is 27.9 Å². The summed E-state index contributed by atoms with van der Waals surface area (Å²) < 4.78 is 21.5. The monoisotopic (exact) mass is 435 g/mol. The Morgan fingerprint density at radius 1 is 1.21 bits per heavy atom. The lowest BCUT2D eigenvalue weighted by molar-refractivity contribution is -0.138. The van der Waals surface area contributed by atoms with E-state index in [0.29, 0.717) is 58.8 Å². The highest BCUT2D eigenvalue weighted by Crippen LogP contribution is 2.31. The average molecular weight is 436 g/mol. The van der Waals surface area contributed by atoms with Crippen molar-refractivity contribution >= 4 is 40.1 Å². The number of rotatable bonds is 4. The van der Waals surface area contributed by atoms with Gasteiger partial charge in [-0.2, -0.15) is 0 Å². The molecule has 1 aliphatic rings. The smallest absolute Gasteiger partial charge is 0.245 e. The second-order valence-corrected chi connectivity index (χ2v) is 7.85. The summed E-state index contributed by atoms with van der Waals surface area (Å²) >= 11 is 12.4. The Morgan fingerprint density at radius 3 is 2.62 bits per heavy atom. The predicted octanol–water partition coefficient (Wildman–Crippen LogP) is 4.49. The molecule has 29 heavy (non-hydrogen) atoms. The number of amides is 1. The van der Waals surface area contributed by atoms with E-state index in [0.717, 1.165) is 0 Å². The summed E-state index contributed by atoms with van der Waals surface area (Å²) in [6, 6.07) is 9.41. The van der Waals surface area contributed by atoms with Crippen LogP contribution in [-0.2, 0) is 16.0 Å². The molecule has 1 fully saturated rings. The van der Waals surface area contributed by atoms with E-state index < -0.39 is 6.04 Å². The van der Waals surface area contributed by atoms with Gasteiger partial charge in [0.15, 0.2) is 0 Å². The number of aromatic nitrogens is 2. The molecule has 0 bridgehead atoms. The average Bonchev–Trinajstić information content (AvgIpc) is 3.06. The van der Waals surface area contributed by atoms with Crippen molar-refractivity contribution in [3.8, 4) is 0 Å². The number of hydrogen-bond donors (Lipinski definition) is 0. The van der Waals surface area contributed by atoms with Gasteiger partial charge in [0.1, 0.15) is 17.7 Å². The molecule has 0 aliphatic carbocycles. The van der Waals surface area contributed by atoms with E-state index in [2.05, 4.69) is 4.98 Å². The minimum absolute atomic E-state index is 0.0338. The summed E-state index contributed by atoms with van der Waals surface area (Å²) in [5.74, 6) is 0.236. The third-order valence-electron chi connectivity index (χ3n) is 5.18. The van der Waals surface area contributed by atoms with Gasteiger partial charge < -0.3 is 14.2 Å². The van der Waals surface area contributed by atoms with Gasteiger partial charge >= 0.3 is 0 Å². The van der Waals surface area contributed by atoms with Gasteiger partial charge in [-0.1, -0.05) is 41.4 Å². The zero-order valence-electron chi connectivity index (χ0n) is 15.9. The number of carbonyl (C=O) groups is 1. The number of nitrogens with zero attached hydrogens (tertiary/aromatic N) is 3. The Kier molecular flexibility index (Phi) is 5.76. The highest BCUT2D eigenvalue weighted by atomic mass is 35.5. The van der Waals surface area contributed by atoms with Gasteiger partial charge in [-0.15, -0.1) is 0 Å². The number of halogens is 3. The molecule has 0 spiro atoms. The second-order valence-electron chi connectivity index (χ2n) is 7.03. The molecule has 3 aromatic rings. The van der Waals surface area contributed by atoms with Crippen LogP contribution >= 0.6 is 23.2 Å². The molecule has 1 atom stereocenters. The number of fused-ring (bicyclic) bond motifs is 1. The van der Waals surface area contributed by atoms with Crippen LogP contribution in [0.2, 0.25) is 10.0 Å². The molecule has 0 radical (unpaired) electrons. The lowest BCUT2D eigenvalue weighted by atomic mass is 10.1. The number of ether oxygens (including phenoxy) is 1. The molecule has 4 rings (SSSR count). The van der Waals surface area contributed by atoms with E-state index in [1.807, 2.05) is 11.5 Å². The molecular weight excluding hydrogens is 416 g/mol. The second kappa shape index (κ2) is 8.30. The quantitative estimate of drug-likeness (QED) is 0.606. The molecule has 8 heteroatoms. The number of benzene rings is 2. The molecule has 2 aromatic carbocycles. The molecule has 1 amide bonds. The van der Waals surface area contributed by atoms with E-state index in [9.17, 15) is 9.18 Å². The SMILES string of the molecule is CC(C(=O)N1CCOCC1)n1c(Cc2ccccc2F)nc2cc(Cl)c(Cl)cc21. The number of hydrogen-bond acceptors (Lipinski definition) is 3. The summed E-state index contributed by atoms with van der Waals surface area (Å²) in [7, 11) is 0. The normalized spacial score (nSPS) is 15.7. The molecule has 0 saturated carbocycles. The molecule has 2 heterocycles. The molecule has 1 aliphatic heterocycles. The zero-order chi connectivity index (χ0) is 20.5. The Morgan fingerprint density at radius 2 is 1.90 bits per heavy atom. The van der Waals surface area contributed by atoms with Crippen molar-refractivity contribution in [2.24, 2.45) is 0 Å². The standard InChI is InChI=1S/C21H20Cl2FN3O2/c1-13(21(28)26-6-8-29-9-7-26)27-19-12-16(23)15(22)11-18(19)25-20(27)10-14-4-2-3-5-17(14)24/h2-5,11-13H,6-10H2,1H3. The van der Waals surface area contributed by atoms with Gasteiger partial charge in [0, 0.05) is 19.5 Å². The van der Waals surface area contributed by atoms with Crippen LogP contribution in [0, 0.1) is 5.82 Å². The Labute approximate surface area is 178 Å². The highest BCUT2D eigenvalue weighted by molar-refractivity contribution is 6.42. The van der Waals surface area contributed by atoms with Crippen molar-refractivity contribution in [1.29, 1.82) is 0 Å². The first-order chi connectivity index (χ1) is 14.0. The number of carbonyl (C=O) groups excluding carboxylic acids is 1. The summed E-state index contributed by atoms with van der Waals surface area (Å²) in [4.78, 5) is 19.6. The van der Waals surface area contributed by atoms with Crippen molar-refractivity contribution in [3.05, 3.63) is 63.6 Å². The number of morpholine rings is 1. The van der Waals surface area contributed by atoms with Crippen molar-refractivity contribution in [1.82, 2.24) is 14.5 Å². The molecule has 1 saturated heterocycles. The fourth-order valence-electron chi connectivity index (χ4n) is 3.67. The van der Waals surface area contributed by atoms with Crippen molar-refractivity contribution in [3.63, 3.8) is 0 Å². The molecule has 1 aromatic heterocycles. The van der Waals surface area contributed by atoms with Crippen molar-refractivity contribution in [2.75, 3.05) is 26.3 Å². The van der Waals surface area contributed by atoms with Gasteiger partial charge in [-0.25, -0.2) is 9.37 Å². The van der Waals surface area contributed by atoms with Crippen molar-refractivity contribution in [2.45, 2.75) is 19.4 Å². The zero-order valence-corrected chi connectivity index (χ0v) is 17.4. The first kappa shape index (κ1) is 20.1. The Hall–Kier alpha value is -2.15. The number of imidazole rings is 1. The van der Waals surface area contributed by atoms with Crippen LogP contribution in [0.1, 0.15) is 24.4 Å². The fourth-order valence-corrected chi connectivity index (χ4v) is 3.98. The maximum Gasteiger partial charge on any atom is 0.245 e. The minimum Gasteiger partial charge on any atom is -0.378 e. The van der Waals surface area contributed by atoms with Crippen LogP contribution in [0.3, 0.4) is 0 Å². The molecule has 5 nitrogen and oxygen atoms in total. The van der Waals surface area contributed by atoms with Gasteiger partial charge in [0.2, 0.25) is 5.91 Å². The van der Waals surface area contributed by atoms with E-state index in [1.54, 1.807) is 35.2 Å². The molecular formula is C21H20Cl2FN3O2. The molecule has 1 unspecified atom stereocenters. The van der Waals surface area contributed by atoms with Gasteiger partial charge in [0.05, 0.1) is 34.3 Å². The molecule has 152 valence electrons. The first-order valence-electron chi connectivity index (χ1n) is 9.41. The fraction of sp³-hybridized carbons (Fsp3) is 0.333. The summed E-state index contributed by atoms with van der Waals surface area (Å²) in [5.41, 5.74) is 1.82. The largest absolute Gasteiger partial charge is 0.378 e. The maximum atomic E-state index is 14.3. The lowest BCUT2D eigenvalue weighted by Crippen LogP contribution is -2.43. The van der Waals surface area contributed by atoms with Crippen molar-refractivity contribution < 1.29 is 13.9 Å². The maximum absolute atomic E-state index is 14.3. The minimum atomic E-state index is -0.530. The Bertz CT molecular complexity index is 1060. The van der Waals surface area contributed by atoms with Crippen LogP contribution < -0.4 is 0 Å². The van der Waals surface area contributed by atoms with Crippen LogP contribution in [0.4, 0.5) is 4.39 Å². The van der Waals surface area contributed by atoms with E-state index >= 15 is 0 Å². The predicted molar refractivity (Wildman–Crippen MR) is 111 cm³/mol.